The van der Waals surface area contributed by atoms with E-state index in [4.69, 9.17) is 4.74 Å². The molecule has 1 aliphatic rings. The zero-order valence-corrected chi connectivity index (χ0v) is 10.9. The van der Waals surface area contributed by atoms with E-state index in [0.717, 1.165) is 31.2 Å². The molecular weight excluding hydrogens is 242 g/mol. The van der Waals surface area contributed by atoms with Crippen molar-refractivity contribution in [1.29, 1.82) is 0 Å². The molecule has 0 atom stereocenters. The van der Waals surface area contributed by atoms with Crippen molar-refractivity contribution in [2.75, 3.05) is 6.54 Å². The Bertz CT molecular complexity index is 424. The minimum absolute atomic E-state index is 0.0193. The van der Waals surface area contributed by atoms with Crippen LogP contribution in [0.1, 0.15) is 31.2 Å². The van der Waals surface area contributed by atoms with Crippen LogP contribution < -0.4 is 5.32 Å². The van der Waals surface area contributed by atoms with Gasteiger partial charge in [0.1, 0.15) is 13.2 Å². The Hall–Kier alpha value is -1.84. The molecular formula is C15H19NO3. The third kappa shape index (κ3) is 4.39. The van der Waals surface area contributed by atoms with Crippen molar-refractivity contribution in [2.45, 2.75) is 32.3 Å². The summed E-state index contributed by atoms with van der Waals surface area (Å²) in [6, 6.07) is 9.48. The fourth-order valence-corrected chi connectivity index (χ4v) is 2.28. The summed E-state index contributed by atoms with van der Waals surface area (Å²) in [5, 5.41) is 2.65. The molecule has 4 heteroatoms. The molecule has 0 saturated heterocycles. The fraction of sp³-hybridized carbons (Fsp3) is 0.467. The van der Waals surface area contributed by atoms with Crippen molar-refractivity contribution in [2.24, 2.45) is 5.92 Å². The third-order valence-electron chi connectivity index (χ3n) is 3.38. The number of hydrogen-bond acceptors (Lipinski definition) is 3. The largest absolute Gasteiger partial charge is 0.460 e. The van der Waals surface area contributed by atoms with Gasteiger partial charge in [-0.3, -0.25) is 9.59 Å². The van der Waals surface area contributed by atoms with E-state index in [1.807, 2.05) is 30.3 Å². The SMILES string of the molecule is O=C(CNC(=O)C1CCCC1)OCc1ccccc1. The predicted octanol–water partition coefficient (Wildman–Crippen LogP) is 2.04. The Morgan fingerprint density at radius 3 is 2.53 bits per heavy atom. The van der Waals surface area contributed by atoms with Gasteiger partial charge in [-0.25, -0.2) is 0 Å². The van der Waals surface area contributed by atoms with Gasteiger partial charge in [0.15, 0.2) is 0 Å². The highest BCUT2D eigenvalue weighted by Gasteiger charge is 2.22. The lowest BCUT2D eigenvalue weighted by atomic mass is 10.1. The molecule has 4 nitrogen and oxygen atoms in total. The first-order valence-corrected chi connectivity index (χ1v) is 6.73. The molecule has 1 fully saturated rings. The van der Waals surface area contributed by atoms with Crippen LogP contribution in [0.2, 0.25) is 0 Å². The number of nitrogens with one attached hydrogen (secondary N) is 1. The zero-order valence-electron chi connectivity index (χ0n) is 10.9. The zero-order chi connectivity index (χ0) is 13.5. The summed E-state index contributed by atoms with van der Waals surface area (Å²) in [6.07, 6.45) is 4.09. The van der Waals surface area contributed by atoms with Crippen molar-refractivity contribution >= 4 is 11.9 Å². The van der Waals surface area contributed by atoms with E-state index < -0.39 is 5.97 Å². The second-order valence-electron chi connectivity index (χ2n) is 4.85. The number of amides is 1. The van der Waals surface area contributed by atoms with Crippen molar-refractivity contribution in [3.05, 3.63) is 35.9 Å². The molecule has 1 aliphatic carbocycles. The van der Waals surface area contributed by atoms with E-state index >= 15 is 0 Å². The first-order valence-electron chi connectivity index (χ1n) is 6.73. The van der Waals surface area contributed by atoms with Crippen LogP contribution in [0.4, 0.5) is 0 Å². The molecule has 1 amide bonds. The summed E-state index contributed by atoms with van der Waals surface area (Å²) in [4.78, 5) is 23.2. The number of esters is 1. The number of ether oxygens (including phenoxy) is 1. The van der Waals surface area contributed by atoms with Gasteiger partial charge in [-0.15, -0.1) is 0 Å². The Kier molecular flexibility index (Phi) is 4.95. The first-order chi connectivity index (χ1) is 9.25. The van der Waals surface area contributed by atoms with Crippen LogP contribution in [0.5, 0.6) is 0 Å². The summed E-state index contributed by atoms with van der Waals surface area (Å²) in [7, 11) is 0. The molecule has 0 bridgehead atoms. The van der Waals surface area contributed by atoms with Gasteiger partial charge >= 0.3 is 5.97 Å². The number of carbonyl (C=O) groups is 2. The van der Waals surface area contributed by atoms with Crippen LogP contribution in [0.25, 0.3) is 0 Å². The molecule has 0 unspecified atom stereocenters. The summed E-state index contributed by atoms with van der Waals surface area (Å²) < 4.78 is 5.09. The Labute approximate surface area is 113 Å². The van der Waals surface area contributed by atoms with Crippen molar-refractivity contribution in [3.63, 3.8) is 0 Å². The fourth-order valence-electron chi connectivity index (χ4n) is 2.28. The first kappa shape index (κ1) is 13.6. The molecule has 0 aliphatic heterocycles. The highest BCUT2D eigenvalue weighted by molar-refractivity contribution is 5.83. The van der Waals surface area contributed by atoms with E-state index in [1.54, 1.807) is 0 Å². The van der Waals surface area contributed by atoms with Crippen molar-refractivity contribution < 1.29 is 14.3 Å². The van der Waals surface area contributed by atoms with Gasteiger partial charge in [-0.2, -0.15) is 0 Å². The molecule has 2 rings (SSSR count). The molecule has 1 aromatic carbocycles. The van der Waals surface area contributed by atoms with Crippen LogP contribution in [0, 0.1) is 5.92 Å². The van der Waals surface area contributed by atoms with Gasteiger partial charge in [-0.05, 0) is 18.4 Å². The molecule has 0 aromatic heterocycles. The van der Waals surface area contributed by atoms with Crippen LogP contribution in [-0.4, -0.2) is 18.4 Å². The van der Waals surface area contributed by atoms with Crippen molar-refractivity contribution in [1.82, 2.24) is 5.32 Å². The van der Waals surface area contributed by atoms with Gasteiger partial charge in [0.2, 0.25) is 5.91 Å². The smallest absolute Gasteiger partial charge is 0.325 e. The molecule has 19 heavy (non-hydrogen) atoms. The minimum Gasteiger partial charge on any atom is -0.460 e. The molecule has 102 valence electrons. The summed E-state index contributed by atoms with van der Waals surface area (Å²) in [5.41, 5.74) is 0.943. The van der Waals surface area contributed by atoms with Gasteiger partial charge in [0.25, 0.3) is 0 Å². The second kappa shape index (κ2) is 6.92. The Morgan fingerprint density at radius 2 is 1.84 bits per heavy atom. The predicted molar refractivity (Wildman–Crippen MR) is 71.2 cm³/mol. The van der Waals surface area contributed by atoms with E-state index in [2.05, 4.69) is 5.32 Å². The van der Waals surface area contributed by atoms with E-state index in [1.165, 1.54) is 0 Å². The quantitative estimate of drug-likeness (QED) is 0.825. The third-order valence-corrected chi connectivity index (χ3v) is 3.38. The van der Waals surface area contributed by atoms with Gasteiger partial charge in [0.05, 0.1) is 0 Å². The maximum absolute atomic E-state index is 11.7. The average molecular weight is 261 g/mol. The molecule has 1 aromatic rings. The van der Waals surface area contributed by atoms with Crippen LogP contribution in [0.15, 0.2) is 30.3 Å². The van der Waals surface area contributed by atoms with Crippen LogP contribution in [0.3, 0.4) is 0 Å². The standard InChI is InChI=1S/C15H19NO3/c17-14(19-11-12-6-2-1-3-7-12)10-16-15(18)13-8-4-5-9-13/h1-3,6-7,13H,4-5,8-11H2,(H,16,18). The number of hydrogen-bond donors (Lipinski definition) is 1. The highest BCUT2D eigenvalue weighted by Crippen LogP contribution is 2.24. The lowest BCUT2D eigenvalue weighted by Gasteiger charge is -2.10. The van der Waals surface area contributed by atoms with E-state index in [0.29, 0.717) is 0 Å². The van der Waals surface area contributed by atoms with Gasteiger partial charge < -0.3 is 10.1 Å². The number of benzene rings is 1. The highest BCUT2D eigenvalue weighted by atomic mass is 16.5. The summed E-state index contributed by atoms with van der Waals surface area (Å²) in [5.74, 6) is -0.328. The summed E-state index contributed by atoms with van der Waals surface area (Å²) in [6.45, 7) is 0.209. The maximum Gasteiger partial charge on any atom is 0.325 e. The number of rotatable bonds is 5. The molecule has 1 N–H and O–H groups in total. The molecule has 0 spiro atoms. The van der Waals surface area contributed by atoms with E-state index in [9.17, 15) is 9.59 Å². The van der Waals surface area contributed by atoms with E-state index in [-0.39, 0.29) is 25.0 Å². The topological polar surface area (TPSA) is 55.4 Å². The lowest BCUT2D eigenvalue weighted by Crippen LogP contribution is -2.34. The minimum atomic E-state index is -0.393. The molecule has 0 radical (unpaired) electrons. The van der Waals surface area contributed by atoms with Gasteiger partial charge in [-0.1, -0.05) is 43.2 Å². The summed E-state index contributed by atoms with van der Waals surface area (Å²) >= 11 is 0. The van der Waals surface area contributed by atoms with Crippen LogP contribution >= 0.6 is 0 Å². The molecule has 0 heterocycles. The van der Waals surface area contributed by atoms with Crippen LogP contribution in [-0.2, 0) is 20.9 Å². The second-order valence-corrected chi connectivity index (χ2v) is 4.85. The average Bonchev–Trinajstić information content (AvgIpc) is 2.98. The monoisotopic (exact) mass is 261 g/mol. The lowest BCUT2D eigenvalue weighted by molar-refractivity contribution is -0.145. The van der Waals surface area contributed by atoms with Gasteiger partial charge in [0, 0.05) is 5.92 Å². The molecule has 1 saturated carbocycles. The normalized spacial score (nSPS) is 15.2. The maximum atomic E-state index is 11.7. The Morgan fingerprint density at radius 1 is 1.16 bits per heavy atom. The van der Waals surface area contributed by atoms with Crippen molar-refractivity contribution in [3.8, 4) is 0 Å². The Balaban J connectivity index is 1.65. The number of carbonyl (C=O) groups excluding carboxylic acids is 2.